The van der Waals surface area contributed by atoms with Crippen LogP contribution in [0.2, 0.25) is 0 Å². The lowest BCUT2D eigenvalue weighted by Gasteiger charge is -2.60. The van der Waals surface area contributed by atoms with Gasteiger partial charge in [-0.2, -0.15) is 0 Å². The van der Waals surface area contributed by atoms with Crippen LogP contribution in [0.5, 0.6) is 0 Å². The molecule has 1 heterocycles. The van der Waals surface area contributed by atoms with Gasteiger partial charge in [-0.25, -0.2) is 0 Å². The lowest BCUT2D eigenvalue weighted by Crippen LogP contribution is -2.66. The second-order valence-corrected chi connectivity index (χ2v) is 9.10. The van der Waals surface area contributed by atoms with E-state index in [0.717, 1.165) is 12.0 Å². The summed E-state index contributed by atoms with van der Waals surface area (Å²) in [5, 5.41) is 0. The highest BCUT2D eigenvalue weighted by molar-refractivity contribution is 5.43. The van der Waals surface area contributed by atoms with Crippen LogP contribution >= 0.6 is 0 Å². The fraction of sp³-hybridized carbons (Fsp3) is 0.714. The molecule has 120 valence electrons. The lowest BCUT2D eigenvalue weighted by molar-refractivity contribution is -0.927. The van der Waals surface area contributed by atoms with Crippen molar-refractivity contribution in [2.75, 3.05) is 20.6 Å². The maximum atomic E-state index is 2.61. The number of rotatable bonds is 1. The minimum atomic E-state index is 0.523. The number of likely N-dealkylation sites (N-methyl/N-ethyl adjacent to an activating group) is 1. The van der Waals surface area contributed by atoms with Gasteiger partial charge in [-0.3, -0.25) is 0 Å². The maximum Gasteiger partial charge on any atom is 0.0964 e. The summed E-state index contributed by atoms with van der Waals surface area (Å²) in [6.45, 7) is 6.04. The smallest absolute Gasteiger partial charge is 0.0964 e. The van der Waals surface area contributed by atoms with Gasteiger partial charge in [0.15, 0.2) is 0 Å². The molecule has 1 saturated carbocycles. The molecule has 2 fully saturated rings. The molecule has 2 bridgehead atoms. The van der Waals surface area contributed by atoms with E-state index in [4.69, 9.17) is 0 Å². The summed E-state index contributed by atoms with van der Waals surface area (Å²) in [5.74, 6) is 1.58. The Morgan fingerprint density at radius 2 is 1.95 bits per heavy atom. The van der Waals surface area contributed by atoms with Gasteiger partial charge < -0.3 is 4.48 Å². The number of hydrogen-bond acceptors (Lipinski definition) is 0. The molecule has 2 aliphatic carbocycles. The summed E-state index contributed by atoms with van der Waals surface area (Å²) in [6, 6.07) is 8.35. The van der Waals surface area contributed by atoms with Crippen LogP contribution in [0.1, 0.15) is 68.6 Å². The molecule has 3 atom stereocenters. The normalized spacial score (nSPS) is 35.9. The molecule has 1 aromatic carbocycles. The summed E-state index contributed by atoms with van der Waals surface area (Å²) >= 11 is 0. The van der Waals surface area contributed by atoms with Crippen molar-refractivity contribution in [3.8, 4) is 0 Å². The SMILES string of the molecule is CC(C)c1ccc2c(c1)C13CCCCC1C(C2)[N+](C)(C)CC3. The van der Waals surface area contributed by atoms with E-state index < -0.39 is 0 Å². The first-order valence-corrected chi connectivity index (χ1v) is 9.40. The third-order valence-electron chi connectivity index (χ3n) is 7.36. The van der Waals surface area contributed by atoms with Gasteiger partial charge >= 0.3 is 0 Å². The van der Waals surface area contributed by atoms with Crippen molar-refractivity contribution in [2.45, 2.75) is 69.7 Å². The highest BCUT2D eigenvalue weighted by Gasteiger charge is 2.57. The van der Waals surface area contributed by atoms with E-state index in [1.54, 1.807) is 16.7 Å². The Labute approximate surface area is 136 Å². The second kappa shape index (κ2) is 4.84. The van der Waals surface area contributed by atoms with E-state index >= 15 is 0 Å². The molecule has 3 unspecified atom stereocenters. The zero-order valence-corrected chi connectivity index (χ0v) is 14.9. The van der Waals surface area contributed by atoms with Crippen LogP contribution in [-0.4, -0.2) is 31.2 Å². The predicted molar refractivity (Wildman–Crippen MR) is 93.3 cm³/mol. The molecule has 1 saturated heterocycles. The third-order valence-corrected chi connectivity index (χ3v) is 7.36. The molecule has 0 N–H and O–H groups in total. The van der Waals surface area contributed by atoms with E-state index in [2.05, 4.69) is 46.1 Å². The molecule has 4 rings (SSSR count). The molecule has 0 amide bonds. The number of quaternary nitrogens is 1. The van der Waals surface area contributed by atoms with Crippen LogP contribution in [-0.2, 0) is 11.8 Å². The quantitative estimate of drug-likeness (QED) is 0.662. The van der Waals surface area contributed by atoms with Crippen molar-refractivity contribution >= 4 is 0 Å². The first-order chi connectivity index (χ1) is 10.4. The van der Waals surface area contributed by atoms with Crippen LogP contribution in [0, 0.1) is 5.92 Å². The van der Waals surface area contributed by atoms with Gasteiger partial charge in [0, 0.05) is 24.2 Å². The Morgan fingerprint density at radius 3 is 2.73 bits per heavy atom. The van der Waals surface area contributed by atoms with Crippen molar-refractivity contribution in [3.63, 3.8) is 0 Å². The maximum absolute atomic E-state index is 2.61. The standard InChI is InChI=1S/C21H32N/c1-15(2)16-8-9-17-14-20-18-7-5-6-10-21(18,19(17)13-16)11-12-22(20,3)4/h8-9,13,15,18,20H,5-7,10-12,14H2,1-4H3/q+1. The monoisotopic (exact) mass is 298 g/mol. The van der Waals surface area contributed by atoms with Gasteiger partial charge in [-0.1, -0.05) is 44.9 Å². The summed E-state index contributed by atoms with van der Waals surface area (Å²) in [4.78, 5) is 0. The summed E-state index contributed by atoms with van der Waals surface area (Å²) in [7, 11) is 4.97. The fourth-order valence-corrected chi connectivity index (χ4v) is 5.96. The topological polar surface area (TPSA) is 0 Å². The molecule has 1 aromatic rings. The van der Waals surface area contributed by atoms with Crippen LogP contribution in [0.4, 0.5) is 0 Å². The molecule has 22 heavy (non-hydrogen) atoms. The Morgan fingerprint density at radius 1 is 1.14 bits per heavy atom. The summed E-state index contributed by atoms with van der Waals surface area (Å²) in [6.07, 6.45) is 8.55. The minimum absolute atomic E-state index is 0.523. The number of piperidine rings is 1. The van der Waals surface area contributed by atoms with Crippen LogP contribution < -0.4 is 0 Å². The van der Waals surface area contributed by atoms with Crippen molar-refractivity contribution in [3.05, 3.63) is 34.9 Å². The van der Waals surface area contributed by atoms with E-state index in [0.29, 0.717) is 11.3 Å². The van der Waals surface area contributed by atoms with Crippen LogP contribution in [0.15, 0.2) is 18.2 Å². The van der Waals surface area contributed by atoms with Crippen molar-refractivity contribution in [1.82, 2.24) is 0 Å². The molecule has 3 aliphatic rings. The Balaban J connectivity index is 1.88. The van der Waals surface area contributed by atoms with E-state index in [1.807, 2.05) is 0 Å². The van der Waals surface area contributed by atoms with E-state index in [1.165, 1.54) is 49.6 Å². The van der Waals surface area contributed by atoms with Crippen LogP contribution in [0.3, 0.4) is 0 Å². The van der Waals surface area contributed by atoms with Gasteiger partial charge in [0.05, 0.1) is 26.7 Å². The molecule has 0 aromatic heterocycles. The Hall–Kier alpha value is -0.820. The molecule has 1 aliphatic heterocycles. The molecular weight excluding hydrogens is 266 g/mol. The van der Waals surface area contributed by atoms with E-state index in [9.17, 15) is 0 Å². The van der Waals surface area contributed by atoms with Gasteiger partial charge in [0.25, 0.3) is 0 Å². The average molecular weight is 298 g/mol. The molecule has 0 spiro atoms. The Bertz CT molecular complexity index is 586. The van der Waals surface area contributed by atoms with Gasteiger partial charge in [-0.15, -0.1) is 0 Å². The van der Waals surface area contributed by atoms with Crippen LogP contribution in [0.25, 0.3) is 0 Å². The highest BCUT2D eigenvalue weighted by atomic mass is 15.3. The highest BCUT2D eigenvalue weighted by Crippen LogP contribution is 2.57. The average Bonchev–Trinajstić information content (AvgIpc) is 2.51. The predicted octanol–water partition coefficient (Wildman–Crippen LogP) is 4.64. The fourth-order valence-electron chi connectivity index (χ4n) is 5.96. The zero-order chi connectivity index (χ0) is 15.5. The summed E-state index contributed by atoms with van der Waals surface area (Å²) < 4.78 is 1.25. The van der Waals surface area contributed by atoms with Crippen molar-refractivity contribution in [2.24, 2.45) is 5.92 Å². The first-order valence-electron chi connectivity index (χ1n) is 9.40. The molecule has 1 heteroatoms. The largest absolute Gasteiger partial charge is 0.325 e. The third kappa shape index (κ3) is 1.94. The van der Waals surface area contributed by atoms with Gasteiger partial charge in [-0.05, 0) is 35.4 Å². The number of likely N-dealkylation sites (tertiary alicyclic amines) is 1. The van der Waals surface area contributed by atoms with Gasteiger partial charge in [0.2, 0.25) is 0 Å². The number of nitrogens with zero attached hydrogens (tertiary/aromatic N) is 1. The minimum Gasteiger partial charge on any atom is -0.325 e. The number of benzene rings is 1. The van der Waals surface area contributed by atoms with Crippen molar-refractivity contribution in [1.29, 1.82) is 0 Å². The summed E-state index contributed by atoms with van der Waals surface area (Å²) in [5.41, 5.74) is 5.52. The number of fused-ring (bicyclic) bond motifs is 1. The van der Waals surface area contributed by atoms with E-state index in [-0.39, 0.29) is 0 Å². The Kier molecular flexibility index (Phi) is 3.24. The van der Waals surface area contributed by atoms with Gasteiger partial charge in [0.1, 0.15) is 0 Å². The lowest BCUT2D eigenvalue weighted by atomic mass is 9.51. The molecule has 1 nitrogen and oxygen atoms in total. The zero-order valence-electron chi connectivity index (χ0n) is 14.9. The molecular formula is C21H32N+. The second-order valence-electron chi connectivity index (χ2n) is 9.10. The molecule has 0 radical (unpaired) electrons. The number of hydrogen-bond donors (Lipinski definition) is 0. The first kappa shape index (κ1) is 14.8. The van der Waals surface area contributed by atoms with Crippen molar-refractivity contribution < 1.29 is 4.48 Å².